The number of aliphatic hydroxyl groups is 3. The third kappa shape index (κ3) is 27.0. The molecule has 31 nitrogen and oxygen atoms in total. The number of methoxy groups -OCH3 is 9. The van der Waals surface area contributed by atoms with Crippen molar-refractivity contribution in [2.45, 2.75) is 226 Å². The van der Waals surface area contributed by atoms with E-state index in [0.717, 1.165) is 148 Å². The number of alkyl halides is 9. The Bertz CT molecular complexity index is 4920. The fourth-order valence-electron chi connectivity index (χ4n) is 18.0. The summed E-state index contributed by atoms with van der Waals surface area (Å²) in [4.78, 5) is 43.9. The van der Waals surface area contributed by atoms with E-state index in [1.165, 1.54) is 39.5 Å². The van der Waals surface area contributed by atoms with Crippen LogP contribution < -0.4 is 73.7 Å². The molecule has 0 spiro atoms. The van der Waals surface area contributed by atoms with Crippen molar-refractivity contribution < 1.29 is 102 Å². The van der Waals surface area contributed by atoms with Gasteiger partial charge in [-0.2, -0.15) is 84.7 Å². The van der Waals surface area contributed by atoms with E-state index in [9.17, 15) is 59.6 Å². The summed E-state index contributed by atoms with van der Waals surface area (Å²) in [6.45, 7) is 1.71. The molecule has 46 heteroatoms. The molecule has 9 aromatic heterocycles. The highest BCUT2D eigenvalue weighted by Gasteiger charge is 2.42. The fourth-order valence-corrected chi connectivity index (χ4v) is 21.1. The number of carbonyl (C=O) groups is 1. The SMILES string of the molecule is COc1cc(C2CCC(C=O)CC2)nnc1OC.COc1nc(N(C)[C@H]2C[C@@H](N)C[C@H]2O)c2cc(CC(F)(F)F)sc2n1.COc1nc(N(C)[C@H]2C[C@@H](NCC3CCC(c4cc(OC)c(OC)nn4)CC3)C[C@H]2O)c2cc(CC(F)(F)F)sc2n1.COc1nc(N(C)[C@H]2C[C@@H](NCC3CCC(c4cc(OC)c(OC)nn4)CC3)C[C@H]2O)c2cc(CC(F)(F)F)sc2n1.Cl.Cl.Cl. The molecule has 130 heavy (non-hydrogen) atoms. The summed E-state index contributed by atoms with van der Waals surface area (Å²) < 4.78 is 163. The van der Waals surface area contributed by atoms with E-state index < -0.39 is 56.1 Å². The Morgan fingerprint density at radius 1 is 0.400 bits per heavy atom. The van der Waals surface area contributed by atoms with Gasteiger partial charge in [-0.15, -0.1) is 86.5 Å². The van der Waals surface area contributed by atoms with Crippen LogP contribution in [0.1, 0.15) is 165 Å². The van der Waals surface area contributed by atoms with Crippen molar-refractivity contribution in [3.8, 4) is 52.9 Å². The monoisotopic (exact) mass is 1950 g/mol. The Hall–Kier alpha value is -8.37. The van der Waals surface area contributed by atoms with Gasteiger partial charge in [-0.25, -0.2) is 0 Å². The summed E-state index contributed by atoms with van der Waals surface area (Å²) in [7, 11) is 19.0. The van der Waals surface area contributed by atoms with Crippen LogP contribution in [0.2, 0.25) is 0 Å². The van der Waals surface area contributed by atoms with Crippen LogP contribution in [0.15, 0.2) is 36.4 Å². The molecule has 0 saturated heterocycles. The first-order chi connectivity index (χ1) is 60.6. The largest absolute Gasteiger partial charge is 0.491 e. The number of fused-ring (bicyclic) bond motifs is 3. The minimum atomic E-state index is -4.32. The van der Waals surface area contributed by atoms with Gasteiger partial charge in [-0.3, -0.25) is 0 Å². The quantitative estimate of drug-likeness (QED) is 0.0196. The van der Waals surface area contributed by atoms with Gasteiger partial charge >= 0.3 is 36.6 Å². The maximum Gasteiger partial charge on any atom is 0.393 e. The molecule has 0 bridgehead atoms. The van der Waals surface area contributed by atoms with E-state index in [0.29, 0.717) is 151 Å². The van der Waals surface area contributed by atoms with Gasteiger partial charge in [0.1, 0.15) is 38.2 Å². The maximum atomic E-state index is 13.1. The Morgan fingerprint density at radius 2 is 0.692 bits per heavy atom. The number of carbonyl (C=O) groups excluding carboxylic acids is 1. The number of aliphatic hydroxyl groups excluding tert-OH is 3. The molecular formula is C84H114Cl3F9N18O13S3. The number of hydrogen-bond donors (Lipinski definition) is 6. The molecule has 6 saturated carbocycles. The van der Waals surface area contributed by atoms with E-state index in [2.05, 4.69) is 71.1 Å². The van der Waals surface area contributed by atoms with Crippen molar-refractivity contribution in [1.29, 1.82) is 0 Å². The van der Waals surface area contributed by atoms with E-state index in [1.54, 1.807) is 54.6 Å². The molecular weight excluding hydrogens is 1840 g/mol. The number of nitrogens with one attached hydrogen (secondary N) is 2. The standard InChI is InChI=1S/2C28H37F3N6O4S.C15H19F3N4O2S.C13H18N2O3.3ClH/c2*1-37(24-19-11-18(13-28(29,30)31)42-26(19)34-27(33-24)41-4)21-9-17(10-22(21)38)32-14-15-5-7-16(8-6-15)20-12-23(39-2)25(40-3)36-35-20;1-22(10-3-7(19)4-11(10)23)12-9-5-8(6-15(16,17)18)25-13(9)21-14(20-12)24-2;1-17-12-7-11(14-15-13(12)18-2)10-5-3-9(8-16)4-6-10;;;/h2*11-12,15-17,21-22,32,38H,5-10,13-14H2,1-4H3;5,7,10-11,23H,3-4,6,19H2,1-2H3;7-10H,3-6H2,1-2H3;3*1H/t2*15?,16?,17-,21+,22-;7-,10+,11-;;;;/m111..../s1. The van der Waals surface area contributed by atoms with Crippen LogP contribution in [0, 0.1) is 17.8 Å². The Morgan fingerprint density at radius 3 is 0.954 bits per heavy atom. The normalized spacial score (nSPS) is 23.8. The Balaban J connectivity index is 0.000000203. The van der Waals surface area contributed by atoms with Crippen molar-refractivity contribution in [1.82, 2.24) is 71.1 Å². The third-order valence-electron chi connectivity index (χ3n) is 24.7. The van der Waals surface area contributed by atoms with Gasteiger partial charge in [-0.1, -0.05) is 0 Å². The van der Waals surface area contributed by atoms with Crippen LogP contribution in [-0.4, -0.2) is 253 Å². The summed E-state index contributed by atoms with van der Waals surface area (Å²) >= 11 is 2.93. The molecule has 9 heterocycles. The molecule has 0 aromatic carbocycles. The second-order valence-corrected chi connectivity index (χ2v) is 36.5. The second-order valence-electron chi connectivity index (χ2n) is 33.1. The zero-order valence-corrected chi connectivity index (χ0v) is 78.9. The zero-order chi connectivity index (χ0) is 91.3. The number of likely N-dealkylation sites (N-methyl/N-ethyl adjacent to an activating group) is 3. The lowest BCUT2D eigenvalue weighted by atomic mass is 9.80. The number of nitrogens with zero attached hydrogens (tertiary/aromatic N) is 15. The van der Waals surface area contributed by atoms with E-state index >= 15 is 0 Å². The number of aromatic nitrogens is 12. The van der Waals surface area contributed by atoms with Crippen molar-refractivity contribution >= 4 is 126 Å². The molecule has 9 atom stereocenters. The second kappa shape index (κ2) is 47.0. The minimum Gasteiger partial charge on any atom is -0.491 e. The lowest BCUT2D eigenvalue weighted by Gasteiger charge is -2.30. The molecule has 0 aliphatic heterocycles. The number of hydrogen-bond acceptors (Lipinski definition) is 34. The highest BCUT2D eigenvalue weighted by Crippen LogP contribution is 2.46. The molecule has 6 aliphatic rings. The highest BCUT2D eigenvalue weighted by molar-refractivity contribution is 7.19. The predicted octanol–water partition coefficient (Wildman–Crippen LogP) is 14.3. The lowest BCUT2D eigenvalue weighted by molar-refractivity contribution is -0.127. The first-order valence-electron chi connectivity index (χ1n) is 42.1. The first-order valence-corrected chi connectivity index (χ1v) is 44.6. The van der Waals surface area contributed by atoms with Crippen LogP contribution in [0.3, 0.4) is 0 Å². The van der Waals surface area contributed by atoms with Crippen LogP contribution >= 0.6 is 71.2 Å². The summed E-state index contributed by atoms with van der Waals surface area (Å²) in [5.41, 5.74) is 8.69. The van der Waals surface area contributed by atoms with Crippen LogP contribution in [-0.2, 0) is 24.1 Å². The molecule has 9 aromatic rings. The predicted molar refractivity (Wildman–Crippen MR) is 482 cm³/mol. The molecule has 0 radical (unpaired) electrons. The average molecular weight is 1960 g/mol. The summed E-state index contributed by atoms with van der Waals surface area (Å²) in [5.74, 6) is 6.60. The lowest BCUT2D eigenvalue weighted by Crippen LogP contribution is -2.39. The Labute approximate surface area is 777 Å². The summed E-state index contributed by atoms with van der Waals surface area (Å²) in [6, 6.07) is 9.76. The number of nitrogens with two attached hydrogens (primary N) is 1. The van der Waals surface area contributed by atoms with Crippen molar-refractivity contribution in [2.75, 3.05) is 113 Å². The van der Waals surface area contributed by atoms with Gasteiger partial charge < -0.3 is 93.8 Å². The average Bonchev–Trinajstić information content (AvgIpc) is 1.63. The zero-order valence-electron chi connectivity index (χ0n) is 74.0. The molecule has 0 unspecified atom stereocenters. The van der Waals surface area contributed by atoms with Gasteiger partial charge in [0, 0.05) is 95.8 Å². The number of thiophene rings is 3. The fraction of sp³-hybridized carbons (Fsp3) is 0.631. The van der Waals surface area contributed by atoms with E-state index in [-0.39, 0.29) is 112 Å². The van der Waals surface area contributed by atoms with Gasteiger partial charge in [0.25, 0.3) is 17.6 Å². The van der Waals surface area contributed by atoms with E-state index in [1.807, 2.05) is 42.1 Å². The smallest absolute Gasteiger partial charge is 0.393 e. The van der Waals surface area contributed by atoms with Crippen LogP contribution in [0.4, 0.5) is 57.0 Å². The highest BCUT2D eigenvalue weighted by atomic mass is 35.5. The van der Waals surface area contributed by atoms with Gasteiger partial charge in [0.15, 0.2) is 17.2 Å². The van der Waals surface area contributed by atoms with Crippen molar-refractivity contribution in [3.05, 3.63) is 68.1 Å². The van der Waals surface area contributed by atoms with Crippen molar-refractivity contribution in [3.63, 3.8) is 0 Å². The maximum absolute atomic E-state index is 13.1. The van der Waals surface area contributed by atoms with E-state index in [4.69, 9.17) is 48.4 Å². The molecule has 7 N–H and O–H groups in total. The number of anilines is 3. The summed E-state index contributed by atoms with van der Waals surface area (Å²) in [6.07, 6.45) is -1.09. The summed E-state index contributed by atoms with van der Waals surface area (Å²) in [5, 5.41) is 66.3. The van der Waals surface area contributed by atoms with Crippen LogP contribution in [0.25, 0.3) is 30.6 Å². The van der Waals surface area contributed by atoms with Gasteiger partial charge in [0.05, 0.1) is 153 Å². The number of aldehydes is 1. The third-order valence-corrected chi connectivity index (χ3v) is 27.8. The van der Waals surface area contributed by atoms with Gasteiger partial charge in [-0.05, 0) is 159 Å². The number of halogens is 12. The topological polar surface area (TPSA) is 375 Å². The molecule has 720 valence electrons. The van der Waals surface area contributed by atoms with Crippen LogP contribution in [0.5, 0.6) is 52.9 Å². The van der Waals surface area contributed by atoms with Gasteiger partial charge in [0.2, 0.25) is 0 Å². The number of ether oxygens (including phenoxy) is 9. The molecule has 15 rings (SSSR count). The number of rotatable bonds is 28. The molecule has 0 amide bonds. The van der Waals surface area contributed by atoms with Crippen molar-refractivity contribution in [2.24, 2.45) is 23.5 Å². The molecule has 6 fully saturated rings. The molecule has 6 aliphatic carbocycles. The Kier molecular flexibility index (Phi) is 38.1. The first kappa shape index (κ1) is 105. The minimum absolute atomic E-state index is 0.